The molecule has 0 aliphatic heterocycles. The molecule has 4 aromatic rings. The fraction of sp³-hybridized carbons (Fsp3) is 0.371. The lowest BCUT2D eigenvalue weighted by Crippen LogP contribution is -2.39. The van der Waals surface area contributed by atoms with Crippen molar-refractivity contribution >= 4 is 5.82 Å². The Morgan fingerprint density at radius 2 is 1.21 bits per heavy atom. The maximum atomic E-state index is 5.49. The van der Waals surface area contributed by atoms with Gasteiger partial charge in [0.05, 0.1) is 6.54 Å². The smallest absolute Gasteiger partial charge is 0.289 e. The summed E-state index contributed by atoms with van der Waals surface area (Å²) in [5, 5.41) is 9.20. The van der Waals surface area contributed by atoms with E-state index in [1.165, 1.54) is 27.9 Å². The minimum absolute atomic E-state index is 0.345. The monoisotopic (exact) mass is 521 g/mol. The molecule has 4 rings (SSSR count). The summed E-state index contributed by atoms with van der Waals surface area (Å²) in [6, 6.07) is 24.0. The molecule has 39 heavy (non-hydrogen) atoms. The molecule has 0 aliphatic carbocycles. The fourth-order valence-corrected chi connectivity index (χ4v) is 5.39. The van der Waals surface area contributed by atoms with Crippen molar-refractivity contribution in [3.8, 4) is 22.6 Å². The van der Waals surface area contributed by atoms with Crippen molar-refractivity contribution in [3.05, 3.63) is 102 Å². The number of para-hydroxylation sites is 2. The molecular weight excluding hydrogens is 476 g/mol. The molecule has 0 unspecified atom stereocenters. The van der Waals surface area contributed by atoms with Gasteiger partial charge >= 0.3 is 0 Å². The Labute approximate surface area is 235 Å². The van der Waals surface area contributed by atoms with Gasteiger partial charge in [-0.25, -0.2) is 0 Å². The number of benzene rings is 3. The molecule has 0 spiro atoms. The second-order valence-corrected chi connectivity index (χ2v) is 11.6. The Kier molecular flexibility index (Phi) is 8.74. The molecular formula is C35H45N4+. The summed E-state index contributed by atoms with van der Waals surface area (Å²) >= 11 is 0. The van der Waals surface area contributed by atoms with Crippen LogP contribution in [-0.4, -0.2) is 16.4 Å². The summed E-state index contributed by atoms with van der Waals surface area (Å²) in [6.45, 7) is 22.8. The van der Waals surface area contributed by atoms with Crippen molar-refractivity contribution in [2.24, 2.45) is 0 Å². The van der Waals surface area contributed by atoms with E-state index >= 15 is 0 Å². The van der Waals surface area contributed by atoms with Crippen molar-refractivity contribution in [2.45, 2.75) is 79.1 Å². The molecule has 0 aliphatic rings. The lowest BCUT2D eigenvalue weighted by molar-refractivity contribution is -0.648. The molecule has 0 saturated heterocycles. The van der Waals surface area contributed by atoms with E-state index in [4.69, 9.17) is 5.21 Å². The van der Waals surface area contributed by atoms with E-state index in [9.17, 15) is 0 Å². The third-order valence-corrected chi connectivity index (χ3v) is 7.40. The van der Waals surface area contributed by atoms with Gasteiger partial charge in [-0.05, 0) is 45.9 Å². The molecule has 0 bridgehead atoms. The topological polar surface area (TPSA) is 33.7 Å². The van der Waals surface area contributed by atoms with Crippen LogP contribution >= 0.6 is 0 Å². The number of hydrogen-bond acceptors (Lipinski definition) is 2. The highest BCUT2D eigenvalue weighted by atomic mass is 15.5. The van der Waals surface area contributed by atoms with Crippen molar-refractivity contribution in [2.75, 3.05) is 11.9 Å². The summed E-state index contributed by atoms with van der Waals surface area (Å²) in [6.07, 6.45) is 1.91. The fourth-order valence-electron chi connectivity index (χ4n) is 5.39. The molecule has 4 nitrogen and oxygen atoms in total. The predicted molar refractivity (Wildman–Crippen MR) is 166 cm³/mol. The van der Waals surface area contributed by atoms with E-state index < -0.39 is 0 Å². The van der Waals surface area contributed by atoms with Crippen molar-refractivity contribution in [1.82, 2.24) is 9.90 Å². The van der Waals surface area contributed by atoms with Crippen LogP contribution in [0.2, 0.25) is 0 Å². The van der Waals surface area contributed by atoms with E-state index in [0.717, 1.165) is 22.8 Å². The van der Waals surface area contributed by atoms with Crippen LogP contribution in [0.4, 0.5) is 5.82 Å². The minimum atomic E-state index is 0.345. The Balaban J connectivity index is 2.23. The SMILES string of the molecule is C=CCNc1c(-c2ccccc2)n(-c2c(C(C)C)cccc2C(C)C)n[n+]1-c1c(C(C)C)cccc1C(C)C. The standard InChI is InChI=1S/C35H45N4/c1-10-22-36-35-32(27-16-12-11-13-17-27)38(33-28(23(2)3)18-14-19-29(33)24(4)5)37-39(35)34-30(25(6)7)20-15-21-31(34)26(8)9/h10-21,23-26,36H,1,22H2,2-9H3/q+1. The van der Waals surface area contributed by atoms with Crippen molar-refractivity contribution < 1.29 is 4.68 Å². The summed E-state index contributed by atoms with van der Waals surface area (Å²) in [5.74, 6) is 2.36. The number of aromatic nitrogens is 3. The van der Waals surface area contributed by atoms with Gasteiger partial charge in [-0.15, -0.1) is 9.36 Å². The van der Waals surface area contributed by atoms with E-state index in [0.29, 0.717) is 30.2 Å². The van der Waals surface area contributed by atoms with E-state index in [1.807, 2.05) is 6.08 Å². The molecule has 0 amide bonds. The largest absolute Gasteiger partial charge is 0.297 e. The number of anilines is 1. The normalized spacial score (nSPS) is 11.7. The first-order chi connectivity index (χ1) is 18.7. The van der Waals surface area contributed by atoms with Gasteiger partial charge in [0.15, 0.2) is 0 Å². The summed E-state index contributed by atoms with van der Waals surface area (Å²) in [5.41, 5.74) is 9.69. The quantitative estimate of drug-likeness (QED) is 0.167. The molecule has 1 heterocycles. The second-order valence-electron chi connectivity index (χ2n) is 11.6. The third-order valence-electron chi connectivity index (χ3n) is 7.40. The molecule has 0 fully saturated rings. The highest BCUT2D eigenvalue weighted by Gasteiger charge is 2.33. The predicted octanol–water partition coefficient (Wildman–Crippen LogP) is 8.91. The van der Waals surface area contributed by atoms with Crippen LogP contribution < -0.4 is 10.00 Å². The highest BCUT2D eigenvalue weighted by molar-refractivity contribution is 5.73. The number of nitrogens with one attached hydrogen (secondary N) is 1. The zero-order valence-electron chi connectivity index (χ0n) is 25.0. The zero-order valence-corrected chi connectivity index (χ0v) is 25.0. The number of rotatable bonds is 10. The van der Waals surface area contributed by atoms with Crippen molar-refractivity contribution in [3.63, 3.8) is 0 Å². The van der Waals surface area contributed by atoms with E-state index in [-0.39, 0.29) is 0 Å². The molecule has 3 aromatic carbocycles. The van der Waals surface area contributed by atoms with Gasteiger partial charge in [0.25, 0.3) is 5.82 Å². The Morgan fingerprint density at radius 1 is 0.718 bits per heavy atom. The van der Waals surface area contributed by atoms with Crippen LogP contribution in [0.1, 0.15) is 101 Å². The average molecular weight is 522 g/mol. The van der Waals surface area contributed by atoms with Gasteiger partial charge < -0.3 is 0 Å². The third kappa shape index (κ3) is 5.56. The summed E-state index contributed by atoms with van der Waals surface area (Å²) in [4.78, 5) is 0. The van der Waals surface area contributed by atoms with Crippen LogP contribution in [0, 0.1) is 0 Å². The summed E-state index contributed by atoms with van der Waals surface area (Å²) < 4.78 is 4.37. The molecule has 4 heteroatoms. The van der Waals surface area contributed by atoms with Crippen LogP contribution in [0.25, 0.3) is 22.6 Å². The van der Waals surface area contributed by atoms with Gasteiger partial charge in [-0.2, -0.15) is 0 Å². The first-order valence-corrected chi connectivity index (χ1v) is 14.4. The zero-order chi connectivity index (χ0) is 28.3. The molecule has 0 atom stereocenters. The van der Waals surface area contributed by atoms with Crippen LogP contribution in [0.5, 0.6) is 0 Å². The summed E-state index contributed by atoms with van der Waals surface area (Å²) in [7, 11) is 0. The van der Waals surface area contributed by atoms with Gasteiger partial charge in [0, 0.05) is 10.8 Å². The molecule has 204 valence electrons. The first kappa shape index (κ1) is 28.4. The molecule has 1 aromatic heterocycles. The van der Waals surface area contributed by atoms with Gasteiger partial charge in [0.2, 0.25) is 5.69 Å². The van der Waals surface area contributed by atoms with Gasteiger partial charge in [-0.3, -0.25) is 5.32 Å². The van der Waals surface area contributed by atoms with E-state index in [2.05, 4.69) is 143 Å². The Hall–Kier alpha value is -3.66. The van der Waals surface area contributed by atoms with Crippen LogP contribution in [0.15, 0.2) is 79.4 Å². The van der Waals surface area contributed by atoms with Gasteiger partial charge in [-0.1, -0.05) is 135 Å². The van der Waals surface area contributed by atoms with Gasteiger partial charge in [0.1, 0.15) is 11.4 Å². The average Bonchev–Trinajstić information content (AvgIpc) is 3.29. The lowest BCUT2D eigenvalue weighted by atomic mass is 9.92. The second kappa shape index (κ2) is 12.0. The Morgan fingerprint density at radius 3 is 1.67 bits per heavy atom. The minimum Gasteiger partial charge on any atom is -0.297 e. The van der Waals surface area contributed by atoms with Crippen LogP contribution in [0.3, 0.4) is 0 Å². The molecule has 1 N–H and O–H groups in total. The van der Waals surface area contributed by atoms with E-state index in [1.54, 1.807) is 0 Å². The molecule has 0 saturated carbocycles. The maximum Gasteiger partial charge on any atom is 0.289 e. The highest BCUT2D eigenvalue weighted by Crippen LogP contribution is 2.37. The lowest BCUT2D eigenvalue weighted by Gasteiger charge is -2.18. The van der Waals surface area contributed by atoms with Crippen LogP contribution in [-0.2, 0) is 0 Å². The number of nitrogens with zero attached hydrogens (tertiary/aromatic N) is 3. The maximum absolute atomic E-state index is 5.49. The number of hydrogen-bond donors (Lipinski definition) is 1. The first-order valence-electron chi connectivity index (χ1n) is 14.4. The van der Waals surface area contributed by atoms with Crippen molar-refractivity contribution in [1.29, 1.82) is 0 Å². The molecule has 0 radical (unpaired) electrons. The Bertz CT molecular complexity index is 1370.